The molecule has 1 aromatic heterocycles. The van der Waals surface area contributed by atoms with Gasteiger partial charge in [0.15, 0.2) is 11.6 Å². The second kappa shape index (κ2) is 4.92. The number of rotatable bonds is 3. The standard InChI is InChI=1S/C11H10F2N4O/c1-18-10-5-7(12)6(4-8(10)13)9-2-3-15-11(16-9)17-14/h2-5H,14H2,1H3,(H,15,16,17). The van der Waals surface area contributed by atoms with E-state index in [1.165, 1.54) is 19.4 Å². The van der Waals surface area contributed by atoms with E-state index in [1.54, 1.807) is 0 Å². The third kappa shape index (κ3) is 2.21. The molecule has 0 aliphatic rings. The molecule has 7 heteroatoms. The molecule has 1 aromatic carbocycles. The molecule has 0 spiro atoms. The third-order valence-electron chi connectivity index (χ3n) is 2.30. The van der Waals surface area contributed by atoms with E-state index in [2.05, 4.69) is 20.1 Å². The summed E-state index contributed by atoms with van der Waals surface area (Å²) in [6.45, 7) is 0. The number of methoxy groups -OCH3 is 1. The number of aromatic nitrogens is 2. The molecule has 0 aliphatic heterocycles. The quantitative estimate of drug-likeness (QED) is 0.642. The average molecular weight is 252 g/mol. The van der Waals surface area contributed by atoms with Gasteiger partial charge in [0.1, 0.15) is 5.82 Å². The lowest BCUT2D eigenvalue weighted by molar-refractivity contribution is 0.383. The van der Waals surface area contributed by atoms with Crippen molar-refractivity contribution in [2.45, 2.75) is 0 Å². The van der Waals surface area contributed by atoms with Crippen LogP contribution in [0.5, 0.6) is 5.75 Å². The van der Waals surface area contributed by atoms with Gasteiger partial charge in [-0.15, -0.1) is 0 Å². The molecule has 0 fully saturated rings. The van der Waals surface area contributed by atoms with Crippen molar-refractivity contribution >= 4 is 5.95 Å². The zero-order valence-electron chi connectivity index (χ0n) is 9.45. The highest BCUT2D eigenvalue weighted by molar-refractivity contribution is 5.62. The highest BCUT2D eigenvalue weighted by Crippen LogP contribution is 2.27. The van der Waals surface area contributed by atoms with Gasteiger partial charge in [0.25, 0.3) is 0 Å². The van der Waals surface area contributed by atoms with Crippen LogP contribution in [0.25, 0.3) is 11.3 Å². The summed E-state index contributed by atoms with van der Waals surface area (Å²) in [4.78, 5) is 7.71. The van der Waals surface area contributed by atoms with Crippen LogP contribution in [-0.4, -0.2) is 17.1 Å². The number of anilines is 1. The van der Waals surface area contributed by atoms with Gasteiger partial charge in [-0.1, -0.05) is 0 Å². The van der Waals surface area contributed by atoms with Gasteiger partial charge in [0, 0.05) is 17.8 Å². The lowest BCUT2D eigenvalue weighted by atomic mass is 10.1. The predicted octanol–water partition coefficient (Wildman–Crippen LogP) is 1.72. The Balaban J connectivity index is 2.53. The molecule has 0 saturated heterocycles. The summed E-state index contributed by atoms with van der Waals surface area (Å²) in [6, 6.07) is 3.42. The fraction of sp³-hybridized carbons (Fsp3) is 0.0909. The first-order valence-corrected chi connectivity index (χ1v) is 4.98. The summed E-state index contributed by atoms with van der Waals surface area (Å²) in [5, 5.41) is 0. The number of hydrogen-bond acceptors (Lipinski definition) is 5. The highest BCUT2D eigenvalue weighted by Gasteiger charge is 2.13. The van der Waals surface area contributed by atoms with Crippen molar-refractivity contribution in [1.29, 1.82) is 0 Å². The zero-order chi connectivity index (χ0) is 13.1. The van der Waals surface area contributed by atoms with Crippen LogP contribution in [0, 0.1) is 11.6 Å². The number of nitrogen functional groups attached to an aromatic ring is 1. The van der Waals surface area contributed by atoms with E-state index in [1.807, 2.05) is 0 Å². The smallest absolute Gasteiger partial charge is 0.237 e. The molecule has 0 atom stereocenters. The van der Waals surface area contributed by atoms with E-state index in [0.717, 1.165) is 12.1 Å². The van der Waals surface area contributed by atoms with Crippen LogP contribution < -0.4 is 16.0 Å². The van der Waals surface area contributed by atoms with Crippen molar-refractivity contribution in [3.8, 4) is 17.0 Å². The molecule has 0 aliphatic carbocycles. The number of nitrogens with two attached hydrogens (primary N) is 1. The molecule has 3 N–H and O–H groups in total. The molecule has 18 heavy (non-hydrogen) atoms. The Kier molecular flexibility index (Phi) is 3.33. The lowest BCUT2D eigenvalue weighted by Gasteiger charge is -2.07. The van der Waals surface area contributed by atoms with Crippen LogP contribution in [-0.2, 0) is 0 Å². The molecular formula is C11H10F2N4O. The largest absolute Gasteiger partial charge is 0.494 e. The first-order valence-electron chi connectivity index (χ1n) is 4.98. The SMILES string of the molecule is COc1cc(F)c(-c2ccnc(NN)n2)cc1F. The van der Waals surface area contributed by atoms with Gasteiger partial charge >= 0.3 is 0 Å². The number of hydrogen-bond donors (Lipinski definition) is 2. The summed E-state index contributed by atoms with van der Waals surface area (Å²) < 4.78 is 32.0. The van der Waals surface area contributed by atoms with Gasteiger partial charge in [-0.05, 0) is 12.1 Å². The van der Waals surface area contributed by atoms with Gasteiger partial charge in [-0.3, -0.25) is 5.43 Å². The van der Waals surface area contributed by atoms with Crippen LogP contribution >= 0.6 is 0 Å². The maximum absolute atomic E-state index is 13.8. The van der Waals surface area contributed by atoms with E-state index in [0.29, 0.717) is 0 Å². The van der Waals surface area contributed by atoms with Gasteiger partial charge < -0.3 is 4.74 Å². The van der Waals surface area contributed by atoms with Crippen molar-refractivity contribution in [2.75, 3.05) is 12.5 Å². The lowest BCUT2D eigenvalue weighted by Crippen LogP contribution is -2.10. The zero-order valence-corrected chi connectivity index (χ0v) is 9.45. The third-order valence-corrected chi connectivity index (χ3v) is 2.30. The Morgan fingerprint density at radius 1 is 1.28 bits per heavy atom. The predicted molar refractivity (Wildman–Crippen MR) is 61.7 cm³/mol. The second-order valence-corrected chi connectivity index (χ2v) is 3.38. The summed E-state index contributed by atoms with van der Waals surface area (Å²) in [7, 11) is 1.26. The van der Waals surface area contributed by atoms with Crippen molar-refractivity contribution in [1.82, 2.24) is 9.97 Å². The highest BCUT2D eigenvalue weighted by atomic mass is 19.1. The molecule has 5 nitrogen and oxygen atoms in total. The number of hydrazine groups is 1. The number of nitrogens with one attached hydrogen (secondary N) is 1. The Morgan fingerprint density at radius 2 is 2.06 bits per heavy atom. The van der Waals surface area contributed by atoms with Crippen molar-refractivity contribution in [3.63, 3.8) is 0 Å². The minimum absolute atomic E-state index is 0.00667. The maximum Gasteiger partial charge on any atom is 0.237 e. The molecule has 1 heterocycles. The first-order chi connectivity index (χ1) is 8.65. The average Bonchev–Trinajstić information content (AvgIpc) is 2.41. The monoisotopic (exact) mass is 252 g/mol. The van der Waals surface area contributed by atoms with Crippen molar-refractivity contribution < 1.29 is 13.5 Å². The van der Waals surface area contributed by atoms with E-state index in [9.17, 15) is 8.78 Å². The summed E-state index contributed by atoms with van der Waals surface area (Å²) >= 11 is 0. The number of benzene rings is 1. The normalized spacial score (nSPS) is 10.2. The molecule has 2 rings (SSSR count). The fourth-order valence-corrected chi connectivity index (χ4v) is 1.46. The maximum atomic E-state index is 13.8. The van der Waals surface area contributed by atoms with Crippen molar-refractivity contribution in [2.24, 2.45) is 5.84 Å². The molecule has 0 unspecified atom stereocenters. The minimum Gasteiger partial charge on any atom is -0.494 e. The molecule has 0 radical (unpaired) electrons. The molecule has 0 bridgehead atoms. The summed E-state index contributed by atoms with van der Waals surface area (Å²) in [5.74, 6) is 3.78. The van der Waals surface area contributed by atoms with Crippen LogP contribution in [0.1, 0.15) is 0 Å². The summed E-state index contributed by atoms with van der Waals surface area (Å²) in [6.07, 6.45) is 1.39. The minimum atomic E-state index is -0.672. The Bertz CT molecular complexity index is 577. The van der Waals surface area contributed by atoms with E-state index >= 15 is 0 Å². The Hall–Kier alpha value is -2.28. The van der Waals surface area contributed by atoms with Gasteiger partial charge in [-0.25, -0.2) is 24.6 Å². The Morgan fingerprint density at radius 3 is 2.72 bits per heavy atom. The second-order valence-electron chi connectivity index (χ2n) is 3.38. The van der Waals surface area contributed by atoms with Gasteiger partial charge in [0.05, 0.1) is 12.8 Å². The molecule has 2 aromatic rings. The first kappa shape index (κ1) is 12.2. The molecule has 94 valence electrons. The molecule has 0 saturated carbocycles. The van der Waals surface area contributed by atoms with Crippen molar-refractivity contribution in [3.05, 3.63) is 36.0 Å². The van der Waals surface area contributed by atoms with Crippen LogP contribution in [0.3, 0.4) is 0 Å². The van der Waals surface area contributed by atoms with E-state index in [-0.39, 0.29) is 23.0 Å². The number of nitrogens with zero attached hydrogens (tertiary/aromatic N) is 2. The Labute approximate surface area is 102 Å². The molecule has 0 amide bonds. The van der Waals surface area contributed by atoms with E-state index in [4.69, 9.17) is 5.84 Å². The fourth-order valence-electron chi connectivity index (χ4n) is 1.46. The molecular weight excluding hydrogens is 242 g/mol. The topological polar surface area (TPSA) is 73.1 Å². The summed E-state index contributed by atoms with van der Waals surface area (Å²) in [5.41, 5.74) is 2.46. The van der Waals surface area contributed by atoms with Crippen LogP contribution in [0.15, 0.2) is 24.4 Å². The van der Waals surface area contributed by atoms with Crippen LogP contribution in [0.2, 0.25) is 0 Å². The van der Waals surface area contributed by atoms with Gasteiger partial charge in [0.2, 0.25) is 5.95 Å². The number of halogens is 2. The van der Waals surface area contributed by atoms with E-state index < -0.39 is 11.6 Å². The van der Waals surface area contributed by atoms with Crippen LogP contribution in [0.4, 0.5) is 14.7 Å². The van der Waals surface area contributed by atoms with Gasteiger partial charge in [-0.2, -0.15) is 0 Å². The number of ether oxygens (including phenoxy) is 1.